The molecule has 22 heavy (non-hydrogen) atoms. The molecule has 0 aliphatic heterocycles. The highest BCUT2D eigenvalue weighted by Gasteiger charge is 2.22. The summed E-state index contributed by atoms with van der Waals surface area (Å²) in [5, 5.41) is 27.7. The number of pyridine rings is 1. The molecule has 1 rings (SSSR count). The molecule has 1 unspecified atom stereocenters. The maximum Gasteiger partial charge on any atom is 0.326 e. The van der Waals surface area contributed by atoms with E-state index in [-0.39, 0.29) is 13.1 Å². The molecule has 0 spiro atoms. The Morgan fingerprint density at radius 2 is 2.00 bits per heavy atom. The summed E-state index contributed by atoms with van der Waals surface area (Å²) in [6, 6.07) is 0.212. The number of nitrogens with zero attached hydrogens (tertiary/aromatic N) is 2. The molecule has 0 saturated carbocycles. The third-order valence-corrected chi connectivity index (χ3v) is 3.16. The molecule has 0 saturated heterocycles. The number of hydrogen-bond acceptors (Lipinski definition) is 5. The highest BCUT2D eigenvalue weighted by molar-refractivity contribution is 5.72. The fourth-order valence-corrected chi connectivity index (χ4v) is 2.21. The lowest BCUT2D eigenvalue weighted by Gasteiger charge is -2.23. The molecule has 1 aromatic rings. The lowest BCUT2D eigenvalue weighted by molar-refractivity contribution is -0.141. The van der Waals surface area contributed by atoms with E-state index in [1.165, 1.54) is 9.47 Å². The van der Waals surface area contributed by atoms with Crippen LogP contribution in [0, 0.1) is 0 Å². The molecule has 0 radical (unpaired) electrons. The summed E-state index contributed by atoms with van der Waals surface area (Å²) in [6.45, 7) is 1.66. The molecule has 1 aromatic heterocycles. The summed E-state index contributed by atoms with van der Waals surface area (Å²) in [6.07, 6.45) is 2.03. The maximum atomic E-state index is 11.6. The van der Waals surface area contributed by atoms with Gasteiger partial charge in [0.1, 0.15) is 6.04 Å². The zero-order chi connectivity index (χ0) is 16.9. The van der Waals surface area contributed by atoms with E-state index in [9.17, 15) is 24.6 Å². The number of carbonyl (C=O) groups is 2. The minimum absolute atomic E-state index is 0.0787. The topological polar surface area (TPSA) is 120 Å². The second kappa shape index (κ2) is 7.60. The smallest absolute Gasteiger partial charge is 0.326 e. The van der Waals surface area contributed by atoms with E-state index in [2.05, 4.69) is 0 Å². The van der Waals surface area contributed by atoms with Gasteiger partial charge in [0.05, 0.1) is 12.7 Å². The van der Waals surface area contributed by atoms with Gasteiger partial charge in [0, 0.05) is 18.3 Å². The molecule has 0 aliphatic carbocycles. The van der Waals surface area contributed by atoms with Crippen molar-refractivity contribution in [2.75, 3.05) is 13.6 Å². The van der Waals surface area contributed by atoms with E-state index in [1.54, 1.807) is 7.05 Å². The summed E-state index contributed by atoms with van der Waals surface area (Å²) < 4.78 is 1.32. The van der Waals surface area contributed by atoms with Gasteiger partial charge in [-0.1, -0.05) is 13.3 Å². The van der Waals surface area contributed by atoms with Gasteiger partial charge in [0.15, 0.2) is 5.75 Å². The molecule has 8 nitrogen and oxygen atoms in total. The van der Waals surface area contributed by atoms with Crippen LogP contribution in [0.15, 0.2) is 17.1 Å². The lowest BCUT2D eigenvalue weighted by atomic mass is 10.1. The van der Waals surface area contributed by atoms with Crippen molar-refractivity contribution in [1.82, 2.24) is 9.47 Å². The first kappa shape index (κ1) is 17.7. The Kier molecular flexibility index (Phi) is 6.11. The van der Waals surface area contributed by atoms with E-state index in [0.717, 1.165) is 12.3 Å². The Labute approximate surface area is 127 Å². The third-order valence-electron chi connectivity index (χ3n) is 3.16. The fourth-order valence-electron chi connectivity index (χ4n) is 2.21. The second-order valence-electron chi connectivity index (χ2n) is 5.13. The standard InChI is InChI=1S/C14H20N2O6/c1-3-4-10(14(21)22)16-7-12(18)11(17)5-9(16)6-15(2)8-13(19)20/h5,7,10,18H,3-4,6,8H2,1-2H3,(H,19,20)(H,21,22). The normalized spacial score (nSPS) is 12.3. The van der Waals surface area contributed by atoms with Crippen molar-refractivity contribution >= 4 is 11.9 Å². The third kappa shape index (κ3) is 4.59. The Morgan fingerprint density at radius 3 is 2.50 bits per heavy atom. The molecule has 1 heterocycles. The van der Waals surface area contributed by atoms with Crippen LogP contribution in [0.25, 0.3) is 0 Å². The van der Waals surface area contributed by atoms with E-state index in [1.807, 2.05) is 6.92 Å². The van der Waals surface area contributed by atoms with Crippen molar-refractivity contribution in [3.63, 3.8) is 0 Å². The Balaban J connectivity index is 3.24. The quantitative estimate of drug-likeness (QED) is 0.639. The van der Waals surface area contributed by atoms with Crippen LogP contribution in [0.4, 0.5) is 0 Å². The van der Waals surface area contributed by atoms with Gasteiger partial charge in [-0.3, -0.25) is 14.5 Å². The van der Waals surface area contributed by atoms with E-state index < -0.39 is 29.2 Å². The van der Waals surface area contributed by atoms with Crippen LogP contribution in [-0.2, 0) is 16.1 Å². The second-order valence-corrected chi connectivity index (χ2v) is 5.13. The van der Waals surface area contributed by atoms with Crippen LogP contribution in [-0.4, -0.2) is 50.3 Å². The van der Waals surface area contributed by atoms with Gasteiger partial charge >= 0.3 is 11.9 Å². The van der Waals surface area contributed by atoms with E-state index >= 15 is 0 Å². The predicted octanol–water partition coefficient (Wildman–Crippen LogP) is 0.496. The summed E-state index contributed by atoms with van der Waals surface area (Å²) in [5.74, 6) is -2.64. The molecule has 0 fully saturated rings. The molecule has 0 amide bonds. The average Bonchev–Trinajstić information content (AvgIpc) is 2.39. The molecular weight excluding hydrogens is 292 g/mol. The monoisotopic (exact) mass is 312 g/mol. The Bertz CT molecular complexity index is 610. The van der Waals surface area contributed by atoms with Gasteiger partial charge in [-0.25, -0.2) is 4.79 Å². The first-order chi connectivity index (χ1) is 10.3. The summed E-state index contributed by atoms with van der Waals surface area (Å²) in [5.41, 5.74) is -0.289. The zero-order valence-electron chi connectivity index (χ0n) is 12.5. The van der Waals surface area contributed by atoms with Crippen LogP contribution in [0.3, 0.4) is 0 Å². The van der Waals surface area contributed by atoms with Gasteiger partial charge in [-0.05, 0) is 13.5 Å². The van der Waals surface area contributed by atoms with Crippen molar-refractivity contribution < 1.29 is 24.9 Å². The van der Waals surface area contributed by atoms with Gasteiger partial charge in [-0.2, -0.15) is 0 Å². The van der Waals surface area contributed by atoms with Crippen molar-refractivity contribution in [3.05, 3.63) is 28.2 Å². The first-order valence-electron chi connectivity index (χ1n) is 6.83. The lowest BCUT2D eigenvalue weighted by Crippen LogP contribution is -2.30. The van der Waals surface area contributed by atoms with Crippen LogP contribution in [0.2, 0.25) is 0 Å². The minimum atomic E-state index is -1.08. The number of carboxylic acid groups (broad SMARTS) is 2. The van der Waals surface area contributed by atoms with Crippen LogP contribution in [0.5, 0.6) is 5.75 Å². The molecular formula is C14H20N2O6. The fraction of sp³-hybridized carbons (Fsp3) is 0.500. The summed E-state index contributed by atoms with van der Waals surface area (Å²) in [7, 11) is 1.55. The van der Waals surface area contributed by atoms with Gasteiger partial charge in [0.25, 0.3) is 0 Å². The largest absolute Gasteiger partial charge is 0.503 e. The number of aromatic hydroxyl groups is 1. The van der Waals surface area contributed by atoms with Gasteiger partial charge in [-0.15, -0.1) is 0 Å². The van der Waals surface area contributed by atoms with Crippen LogP contribution < -0.4 is 5.43 Å². The summed E-state index contributed by atoms with van der Waals surface area (Å²) in [4.78, 5) is 35.2. The van der Waals surface area contributed by atoms with Crippen LogP contribution >= 0.6 is 0 Å². The van der Waals surface area contributed by atoms with Crippen molar-refractivity contribution in [2.24, 2.45) is 0 Å². The molecule has 0 aromatic carbocycles. The predicted molar refractivity (Wildman–Crippen MR) is 77.9 cm³/mol. The zero-order valence-corrected chi connectivity index (χ0v) is 12.5. The van der Waals surface area contributed by atoms with Crippen molar-refractivity contribution in [3.8, 4) is 5.75 Å². The number of hydrogen-bond donors (Lipinski definition) is 3. The molecule has 1 atom stereocenters. The Morgan fingerprint density at radius 1 is 1.36 bits per heavy atom. The Hall–Kier alpha value is -2.35. The minimum Gasteiger partial charge on any atom is -0.503 e. The van der Waals surface area contributed by atoms with Gasteiger partial charge < -0.3 is 19.9 Å². The average molecular weight is 312 g/mol. The molecule has 8 heteroatoms. The van der Waals surface area contributed by atoms with Crippen LogP contribution in [0.1, 0.15) is 31.5 Å². The number of likely N-dealkylation sites (N-methyl/N-ethyl adjacent to an activating group) is 1. The van der Waals surface area contributed by atoms with Gasteiger partial charge in [0.2, 0.25) is 5.43 Å². The van der Waals surface area contributed by atoms with Crippen molar-refractivity contribution in [1.29, 1.82) is 0 Å². The number of rotatable bonds is 8. The molecule has 3 N–H and O–H groups in total. The summed E-state index contributed by atoms with van der Waals surface area (Å²) >= 11 is 0. The molecule has 0 bridgehead atoms. The number of carboxylic acids is 2. The van der Waals surface area contributed by atoms with E-state index in [0.29, 0.717) is 18.5 Å². The maximum absolute atomic E-state index is 11.6. The first-order valence-corrected chi connectivity index (χ1v) is 6.83. The molecule has 122 valence electrons. The number of aromatic nitrogens is 1. The highest BCUT2D eigenvalue weighted by atomic mass is 16.4. The SMILES string of the molecule is CCCC(C(=O)O)n1cc(O)c(=O)cc1CN(C)CC(=O)O. The van der Waals surface area contributed by atoms with E-state index in [4.69, 9.17) is 5.11 Å². The van der Waals surface area contributed by atoms with Crippen molar-refractivity contribution in [2.45, 2.75) is 32.4 Å². The highest BCUT2D eigenvalue weighted by Crippen LogP contribution is 2.19. The number of aliphatic carboxylic acids is 2. The molecule has 0 aliphatic rings.